The van der Waals surface area contributed by atoms with Crippen molar-refractivity contribution in [3.05, 3.63) is 0 Å². The molecular weight excluding hydrogens is 224 g/mol. The van der Waals surface area contributed by atoms with Crippen LogP contribution in [0.2, 0.25) is 0 Å². The Hall–Kier alpha value is -1.10. The van der Waals surface area contributed by atoms with Crippen molar-refractivity contribution in [1.29, 1.82) is 0 Å². The zero-order valence-electron chi connectivity index (χ0n) is 9.93. The van der Waals surface area contributed by atoms with Gasteiger partial charge < -0.3 is 14.6 Å². The number of carbonyl (C=O) groups excluding carboxylic acids is 1. The van der Waals surface area contributed by atoms with E-state index < -0.39 is 17.8 Å². The van der Waals surface area contributed by atoms with Crippen LogP contribution < -0.4 is 0 Å². The summed E-state index contributed by atoms with van der Waals surface area (Å²) in [5.74, 6) is -2.47. The predicted octanol–water partition coefficient (Wildman–Crippen LogP) is 1.21. The summed E-state index contributed by atoms with van der Waals surface area (Å²) in [6.07, 6.45) is 2.83. The minimum atomic E-state index is -0.920. The molecule has 2 aliphatic rings. The second kappa shape index (κ2) is 5.04. The van der Waals surface area contributed by atoms with E-state index in [-0.39, 0.29) is 18.2 Å². The third-order valence-electron chi connectivity index (χ3n) is 3.51. The lowest BCUT2D eigenvalue weighted by Gasteiger charge is -2.24. The molecule has 5 nitrogen and oxygen atoms in total. The van der Waals surface area contributed by atoms with Gasteiger partial charge >= 0.3 is 11.9 Å². The third kappa shape index (κ3) is 2.77. The Bertz CT molecular complexity index is 314. The first-order valence-electron chi connectivity index (χ1n) is 6.18. The maximum Gasteiger partial charge on any atom is 0.309 e. The molecule has 5 heteroatoms. The van der Waals surface area contributed by atoms with Crippen LogP contribution >= 0.6 is 0 Å². The van der Waals surface area contributed by atoms with Crippen LogP contribution in [-0.2, 0) is 19.1 Å². The molecule has 1 saturated carbocycles. The second-order valence-corrected chi connectivity index (χ2v) is 4.76. The largest absolute Gasteiger partial charge is 0.481 e. The monoisotopic (exact) mass is 242 g/mol. The molecule has 2 fully saturated rings. The van der Waals surface area contributed by atoms with Crippen molar-refractivity contribution in [3.8, 4) is 0 Å². The first kappa shape index (κ1) is 12.4. The molecule has 1 heterocycles. The van der Waals surface area contributed by atoms with Crippen LogP contribution in [0.3, 0.4) is 0 Å². The van der Waals surface area contributed by atoms with Gasteiger partial charge in [-0.2, -0.15) is 0 Å². The topological polar surface area (TPSA) is 76.1 Å². The summed E-state index contributed by atoms with van der Waals surface area (Å²) in [4.78, 5) is 22.9. The van der Waals surface area contributed by atoms with Crippen LogP contribution in [0, 0.1) is 11.8 Å². The number of hydrogen-bond acceptors (Lipinski definition) is 4. The molecule has 4 unspecified atom stereocenters. The fourth-order valence-corrected chi connectivity index (χ4v) is 2.38. The van der Waals surface area contributed by atoms with Gasteiger partial charge in [0.2, 0.25) is 0 Å². The van der Waals surface area contributed by atoms with Crippen LogP contribution in [-0.4, -0.2) is 35.9 Å². The van der Waals surface area contributed by atoms with E-state index in [2.05, 4.69) is 0 Å². The van der Waals surface area contributed by atoms with E-state index in [1.54, 1.807) is 0 Å². The van der Waals surface area contributed by atoms with E-state index in [9.17, 15) is 9.59 Å². The first-order chi connectivity index (χ1) is 8.13. The van der Waals surface area contributed by atoms with Gasteiger partial charge in [0.1, 0.15) is 0 Å². The van der Waals surface area contributed by atoms with Gasteiger partial charge in [-0.25, -0.2) is 0 Å². The molecule has 0 amide bonds. The molecule has 0 aromatic rings. The molecule has 17 heavy (non-hydrogen) atoms. The maximum atomic E-state index is 11.8. The van der Waals surface area contributed by atoms with Gasteiger partial charge in [0.05, 0.1) is 30.7 Å². The molecule has 2 rings (SSSR count). The van der Waals surface area contributed by atoms with Gasteiger partial charge in [-0.3, -0.25) is 9.59 Å². The number of epoxide rings is 1. The Morgan fingerprint density at radius 1 is 1.29 bits per heavy atom. The number of fused-ring (bicyclic) bond motifs is 1. The average Bonchev–Trinajstić information content (AvgIpc) is 3.05. The molecule has 0 bridgehead atoms. The van der Waals surface area contributed by atoms with Crippen molar-refractivity contribution in [1.82, 2.24) is 0 Å². The van der Waals surface area contributed by atoms with Gasteiger partial charge in [-0.15, -0.1) is 0 Å². The number of unbranched alkanes of at least 4 members (excludes halogenated alkanes) is 1. The number of esters is 1. The first-order valence-corrected chi connectivity index (χ1v) is 6.18. The Morgan fingerprint density at radius 2 is 1.94 bits per heavy atom. The highest BCUT2D eigenvalue weighted by Crippen LogP contribution is 2.43. The van der Waals surface area contributed by atoms with E-state index in [1.807, 2.05) is 6.92 Å². The fourth-order valence-electron chi connectivity index (χ4n) is 2.38. The Kier molecular flexibility index (Phi) is 3.66. The number of rotatable bonds is 5. The van der Waals surface area contributed by atoms with Crippen LogP contribution in [0.4, 0.5) is 0 Å². The summed E-state index contributed by atoms with van der Waals surface area (Å²) >= 11 is 0. The molecule has 4 atom stereocenters. The fraction of sp³-hybridized carbons (Fsp3) is 0.833. The van der Waals surface area contributed by atoms with Crippen molar-refractivity contribution in [2.45, 2.75) is 44.8 Å². The Balaban J connectivity index is 1.91. The second-order valence-electron chi connectivity index (χ2n) is 4.76. The lowest BCUT2D eigenvalue weighted by Crippen LogP contribution is -2.36. The van der Waals surface area contributed by atoms with E-state index in [0.717, 1.165) is 12.8 Å². The van der Waals surface area contributed by atoms with E-state index >= 15 is 0 Å². The molecule has 1 saturated heterocycles. The number of carbonyl (C=O) groups is 2. The van der Waals surface area contributed by atoms with Crippen LogP contribution in [0.5, 0.6) is 0 Å². The molecule has 1 aliphatic heterocycles. The van der Waals surface area contributed by atoms with Crippen molar-refractivity contribution < 1.29 is 24.2 Å². The minimum Gasteiger partial charge on any atom is -0.481 e. The standard InChI is InChI=1S/C12H18O5/c1-2-3-4-16-12(15)8-6-10-9(17-10)5-7(8)11(13)14/h7-10H,2-6H2,1H3,(H,13,14). The molecule has 1 aliphatic carbocycles. The van der Waals surface area contributed by atoms with Gasteiger partial charge in [-0.1, -0.05) is 13.3 Å². The SMILES string of the molecule is CCCCOC(=O)C1CC2OC2CC1C(=O)O. The van der Waals surface area contributed by atoms with Crippen LogP contribution in [0.1, 0.15) is 32.6 Å². The number of aliphatic carboxylic acids is 1. The third-order valence-corrected chi connectivity index (χ3v) is 3.51. The van der Waals surface area contributed by atoms with E-state index in [0.29, 0.717) is 19.4 Å². The number of carboxylic acids is 1. The number of hydrogen-bond donors (Lipinski definition) is 1. The van der Waals surface area contributed by atoms with Gasteiger partial charge in [0.25, 0.3) is 0 Å². The van der Waals surface area contributed by atoms with Crippen molar-refractivity contribution >= 4 is 11.9 Å². The summed E-state index contributed by atoms with van der Waals surface area (Å²) in [5, 5.41) is 9.10. The lowest BCUT2D eigenvalue weighted by molar-refractivity contribution is -0.159. The maximum absolute atomic E-state index is 11.8. The van der Waals surface area contributed by atoms with Crippen molar-refractivity contribution in [2.75, 3.05) is 6.61 Å². The highest BCUT2D eigenvalue weighted by atomic mass is 16.6. The number of ether oxygens (including phenoxy) is 2. The highest BCUT2D eigenvalue weighted by molar-refractivity contribution is 5.81. The van der Waals surface area contributed by atoms with Gasteiger partial charge in [-0.05, 0) is 19.3 Å². The quantitative estimate of drug-likeness (QED) is 0.445. The van der Waals surface area contributed by atoms with Gasteiger partial charge in [0.15, 0.2) is 0 Å². The summed E-state index contributed by atoms with van der Waals surface area (Å²) < 4.78 is 10.4. The summed E-state index contributed by atoms with van der Waals surface area (Å²) in [7, 11) is 0. The van der Waals surface area contributed by atoms with Crippen molar-refractivity contribution in [3.63, 3.8) is 0 Å². The zero-order valence-corrected chi connectivity index (χ0v) is 9.93. The number of carboxylic acid groups (broad SMARTS) is 1. The lowest BCUT2D eigenvalue weighted by atomic mass is 9.79. The summed E-state index contributed by atoms with van der Waals surface area (Å²) in [6.45, 7) is 2.39. The predicted molar refractivity (Wildman–Crippen MR) is 58.4 cm³/mol. The van der Waals surface area contributed by atoms with Crippen LogP contribution in [0.25, 0.3) is 0 Å². The van der Waals surface area contributed by atoms with Crippen LogP contribution in [0.15, 0.2) is 0 Å². The molecule has 0 radical (unpaired) electrons. The Labute approximate surface area is 100 Å². The molecule has 1 N–H and O–H groups in total. The molecule has 0 aromatic heterocycles. The van der Waals surface area contributed by atoms with E-state index in [1.165, 1.54) is 0 Å². The smallest absolute Gasteiger partial charge is 0.309 e. The molecule has 0 spiro atoms. The van der Waals surface area contributed by atoms with E-state index in [4.69, 9.17) is 14.6 Å². The molecule has 0 aromatic carbocycles. The van der Waals surface area contributed by atoms with Crippen molar-refractivity contribution in [2.24, 2.45) is 11.8 Å². The minimum absolute atomic E-state index is 0.0517. The Morgan fingerprint density at radius 3 is 2.53 bits per heavy atom. The highest BCUT2D eigenvalue weighted by Gasteiger charge is 2.53. The zero-order chi connectivity index (χ0) is 12.4. The molecular formula is C12H18O5. The normalized spacial score (nSPS) is 34.9. The summed E-state index contributed by atoms with van der Waals surface area (Å²) in [6, 6.07) is 0. The van der Waals surface area contributed by atoms with Gasteiger partial charge in [0, 0.05) is 0 Å². The molecule has 96 valence electrons. The summed E-state index contributed by atoms with van der Waals surface area (Å²) in [5.41, 5.74) is 0. The average molecular weight is 242 g/mol.